The van der Waals surface area contributed by atoms with E-state index in [0.717, 1.165) is 38.5 Å². The Bertz CT molecular complexity index is 1040. The van der Waals surface area contributed by atoms with Crippen molar-refractivity contribution in [1.29, 1.82) is 0 Å². The molecule has 34 heavy (non-hydrogen) atoms. The number of aromatic nitrogens is 1. The number of rotatable bonds is 10. The fourth-order valence-electron chi connectivity index (χ4n) is 4.47. The SMILES string of the molecule is O=C(c1cncc(C(=O)N(CCc2ccccc2)C2CC2)c1)N(CCc1ccccc1)C1CC1. The lowest BCUT2D eigenvalue weighted by molar-refractivity contribution is 0.0743. The molecule has 1 heterocycles. The predicted molar refractivity (Wildman–Crippen MR) is 133 cm³/mol. The highest BCUT2D eigenvalue weighted by Crippen LogP contribution is 2.30. The Kier molecular flexibility index (Phi) is 6.70. The van der Waals surface area contributed by atoms with Gasteiger partial charge in [-0.15, -0.1) is 0 Å². The molecule has 0 saturated heterocycles. The van der Waals surface area contributed by atoms with Crippen LogP contribution in [0.1, 0.15) is 57.5 Å². The van der Waals surface area contributed by atoms with Gasteiger partial charge in [0.05, 0.1) is 11.1 Å². The first-order valence-electron chi connectivity index (χ1n) is 12.3. The number of hydrogen-bond donors (Lipinski definition) is 0. The highest BCUT2D eigenvalue weighted by atomic mass is 16.2. The Morgan fingerprint density at radius 3 is 1.47 bits per heavy atom. The predicted octanol–water partition coefficient (Wildman–Crippen LogP) is 4.78. The maximum atomic E-state index is 13.4. The zero-order valence-corrected chi connectivity index (χ0v) is 19.5. The molecule has 0 N–H and O–H groups in total. The normalized spacial score (nSPS) is 15.1. The van der Waals surface area contributed by atoms with Crippen molar-refractivity contribution in [2.24, 2.45) is 0 Å². The monoisotopic (exact) mass is 453 g/mol. The van der Waals surface area contributed by atoms with Gasteiger partial charge in [-0.1, -0.05) is 60.7 Å². The first kappa shape index (κ1) is 22.3. The van der Waals surface area contributed by atoms with E-state index in [1.54, 1.807) is 18.5 Å². The van der Waals surface area contributed by atoms with Crippen molar-refractivity contribution in [2.45, 2.75) is 50.6 Å². The Morgan fingerprint density at radius 1 is 0.676 bits per heavy atom. The van der Waals surface area contributed by atoms with Crippen LogP contribution in [-0.4, -0.2) is 51.8 Å². The second-order valence-corrected chi connectivity index (χ2v) is 9.39. The lowest BCUT2D eigenvalue weighted by Gasteiger charge is -2.24. The summed E-state index contributed by atoms with van der Waals surface area (Å²) in [4.78, 5) is 35.0. The third kappa shape index (κ3) is 5.53. The summed E-state index contributed by atoms with van der Waals surface area (Å²) in [6, 6.07) is 22.8. The van der Waals surface area contributed by atoms with Crippen molar-refractivity contribution < 1.29 is 9.59 Å². The van der Waals surface area contributed by atoms with E-state index in [9.17, 15) is 9.59 Å². The number of pyridine rings is 1. The number of carbonyl (C=O) groups is 2. The Balaban J connectivity index is 1.28. The summed E-state index contributed by atoms with van der Waals surface area (Å²) in [7, 11) is 0. The Labute approximate surface area is 201 Å². The smallest absolute Gasteiger partial charge is 0.255 e. The van der Waals surface area contributed by atoms with Gasteiger partial charge in [0.1, 0.15) is 0 Å². The Morgan fingerprint density at radius 2 is 1.09 bits per heavy atom. The van der Waals surface area contributed by atoms with Crippen molar-refractivity contribution in [1.82, 2.24) is 14.8 Å². The molecule has 2 fully saturated rings. The summed E-state index contributed by atoms with van der Waals surface area (Å²) in [5, 5.41) is 0. The zero-order valence-electron chi connectivity index (χ0n) is 19.5. The van der Waals surface area contributed by atoms with E-state index in [-0.39, 0.29) is 11.8 Å². The van der Waals surface area contributed by atoms with Crippen LogP contribution in [0.3, 0.4) is 0 Å². The van der Waals surface area contributed by atoms with Crippen LogP contribution >= 0.6 is 0 Å². The molecule has 5 nitrogen and oxygen atoms in total. The molecule has 2 saturated carbocycles. The zero-order chi connectivity index (χ0) is 23.3. The van der Waals surface area contributed by atoms with Crippen molar-refractivity contribution >= 4 is 11.8 Å². The second kappa shape index (κ2) is 10.2. The summed E-state index contributed by atoms with van der Waals surface area (Å²) in [5.74, 6) is -0.0503. The molecule has 2 amide bonds. The molecular weight excluding hydrogens is 422 g/mol. The van der Waals surface area contributed by atoms with Crippen molar-refractivity contribution in [3.8, 4) is 0 Å². The van der Waals surface area contributed by atoms with E-state index in [0.29, 0.717) is 36.3 Å². The molecule has 0 atom stereocenters. The number of benzene rings is 2. The molecule has 0 spiro atoms. The minimum Gasteiger partial charge on any atom is -0.335 e. The van der Waals surface area contributed by atoms with Gasteiger partial charge in [-0.2, -0.15) is 0 Å². The molecule has 174 valence electrons. The lowest BCUT2D eigenvalue weighted by Crippen LogP contribution is -2.36. The van der Waals surface area contributed by atoms with Gasteiger partial charge in [0.2, 0.25) is 0 Å². The Hall–Kier alpha value is -3.47. The number of carbonyl (C=O) groups excluding carboxylic acids is 2. The lowest BCUT2D eigenvalue weighted by atomic mass is 10.1. The van der Waals surface area contributed by atoms with Gasteiger partial charge in [0, 0.05) is 37.6 Å². The van der Waals surface area contributed by atoms with E-state index in [1.165, 1.54) is 11.1 Å². The molecule has 5 rings (SSSR count). The molecule has 0 bridgehead atoms. The topological polar surface area (TPSA) is 53.5 Å². The summed E-state index contributed by atoms with van der Waals surface area (Å²) in [6.45, 7) is 1.36. The van der Waals surface area contributed by atoms with Crippen LogP contribution in [0.2, 0.25) is 0 Å². The van der Waals surface area contributed by atoms with Gasteiger partial charge in [0.25, 0.3) is 11.8 Å². The number of hydrogen-bond acceptors (Lipinski definition) is 3. The maximum Gasteiger partial charge on any atom is 0.255 e. The number of amides is 2. The molecule has 2 aromatic carbocycles. The maximum absolute atomic E-state index is 13.4. The molecular formula is C29H31N3O2. The van der Waals surface area contributed by atoms with Gasteiger partial charge in [-0.3, -0.25) is 14.6 Å². The fraction of sp³-hybridized carbons (Fsp3) is 0.345. The van der Waals surface area contributed by atoms with Crippen molar-refractivity contribution in [3.63, 3.8) is 0 Å². The molecule has 0 aliphatic heterocycles. The van der Waals surface area contributed by atoms with Crippen LogP contribution in [0.15, 0.2) is 79.1 Å². The minimum absolute atomic E-state index is 0.0251. The van der Waals surface area contributed by atoms with Crippen molar-refractivity contribution in [3.05, 3.63) is 101 Å². The average Bonchev–Trinajstić information content (AvgIpc) is 3.80. The minimum atomic E-state index is -0.0251. The van der Waals surface area contributed by atoms with E-state index < -0.39 is 0 Å². The second-order valence-electron chi connectivity index (χ2n) is 9.39. The quantitative estimate of drug-likeness (QED) is 0.444. The largest absolute Gasteiger partial charge is 0.335 e. The molecule has 2 aliphatic rings. The van der Waals surface area contributed by atoms with Gasteiger partial charge in [-0.05, 0) is 55.7 Å². The van der Waals surface area contributed by atoms with Crippen LogP contribution in [0.5, 0.6) is 0 Å². The van der Waals surface area contributed by atoms with Crippen LogP contribution in [0, 0.1) is 0 Å². The third-order valence-corrected chi connectivity index (χ3v) is 6.70. The van der Waals surface area contributed by atoms with Crippen molar-refractivity contribution in [2.75, 3.05) is 13.1 Å². The van der Waals surface area contributed by atoms with Gasteiger partial charge in [-0.25, -0.2) is 0 Å². The van der Waals surface area contributed by atoms with E-state index in [2.05, 4.69) is 29.2 Å². The molecule has 3 aromatic rings. The molecule has 0 unspecified atom stereocenters. The molecule has 0 radical (unpaired) electrons. The van der Waals surface area contributed by atoms with Gasteiger partial charge >= 0.3 is 0 Å². The summed E-state index contributed by atoms with van der Waals surface area (Å²) < 4.78 is 0. The highest BCUT2D eigenvalue weighted by Gasteiger charge is 2.35. The first-order valence-corrected chi connectivity index (χ1v) is 12.3. The van der Waals surface area contributed by atoms with Crippen LogP contribution in [0.4, 0.5) is 0 Å². The summed E-state index contributed by atoms with van der Waals surface area (Å²) in [5.41, 5.74) is 3.46. The summed E-state index contributed by atoms with van der Waals surface area (Å²) in [6.07, 6.45) is 9.02. The first-order chi connectivity index (χ1) is 16.7. The van der Waals surface area contributed by atoms with Gasteiger partial charge in [0.15, 0.2) is 0 Å². The van der Waals surface area contributed by atoms with Crippen LogP contribution < -0.4 is 0 Å². The third-order valence-electron chi connectivity index (χ3n) is 6.70. The standard InChI is InChI=1S/C29H31N3O2/c33-28(31(26-11-12-26)17-15-22-7-3-1-4-8-22)24-19-25(21-30-20-24)29(34)32(27-13-14-27)18-16-23-9-5-2-6-10-23/h1-10,19-21,26-27H,11-18H2. The highest BCUT2D eigenvalue weighted by molar-refractivity contribution is 5.99. The van der Waals surface area contributed by atoms with E-state index in [1.807, 2.05) is 46.2 Å². The van der Waals surface area contributed by atoms with Crippen LogP contribution in [0.25, 0.3) is 0 Å². The average molecular weight is 454 g/mol. The van der Waals surface area contributed by atoms with E-state index >= 15 is 0 Å². The molecule has 1 aromatic heterocycles. The van der Waals surface area contributed by atoms with Gasteiger partial charge < -0.3 is 9.80 Å². The fourth-order valence-corrected chi connectivity index (χ4v) is 4.47. The molecule has 2 aliphatic carbocycles. The summed E-state index contributed by atoms with van der Waals surface area (Å²) >= 11 is 0. The number of nitrogens with zero attached hydrogens (tertiary/aromatic N) is 3. The van der Waals surface area contributed by atoms with E-state index in [4.69, 9.17) is 0 Å². The van der Waals surface area contributed by atoms with Crippen LogP contribution in [-0.2, 0) is 12.8 Å². The molecule has 5 heteroatoms.